The number of benzene rings is 1. The maximum atomic E-state index is 12.1. The summed E-state index contributed by atoms with van der Waals surface area (Å²) < 4.78 is 0. The summed E-state index contributed by atoms with van der Waals surface area (Å²) in [6, 6.07) is 14.4. The van der Waals surface area contributed by atoms with Gasteiger partial charge in [0.25, 0.3) is 5.91 Å². The lowest BCUT2D eigenvalue weighted by molar-refractivity contribution is 0.0988. The fourth-order valence-electron chi connectivity index (χ4n) is 1.47. The molecule has 0 spiro atoms. The third-order valence-electron chi connectivity index (χ3n) is 2.38. The summed E-state index contributed by atoms with van der Waals surface area (Å²) in [7, 11) is 1.71. The maximum absolute atomic E-state index is 12.1. The number of para-hydroxylation sites is 1. The highest BCUT2D eigenvalue weighted by Crippen LogP contribution is 2.14. The summed E-state index contributed by atoms with van der Waals surface area (Å²) >= 11 is 5.76. The van der Waals surface area contributed by atoms with Gasteiger partial charge in [0.1, 0.15) is 10.8 Å². The molecule has 0 saturated heterocycles. The second-order valence-electron chi connectivity index (χ2n) is 3.55. The molecule has 0 fully saturated rings. The average molecular weight is 247 g/mol. The zero-order valence-electron chi connectivity index (χ0n) is 9.30. The van der Waals surface area contributed by atoms with Gasteiger partial charge in [-0.15, -0.1) is 0 Å². The Labute approximate surface area is 105 Å². The lowest BCUT2D eigenvalue weighted by Gasteiger charge is -2.16. The van der Waals surface area contributed by atoms with E-state index in [4.69, 9.17) is 11.6 Å². The molecule has 0 bridgehead atoms. The third-order valence-corrected chi connectivity index (χ3v) is 2.59. The fourth-order valence-corrected chi connectivity index (χ4v) is 1.63. The van der Waals surface area contributed by atoms with Gasteiger partial charge in [-0.25, -0.2) is 4.98 Å². The van der Waals surface area contributed by atoms with Gasteiger partial charge in [0.2, 0.25) is 0 Å². The van der Waals surface area contributed by atoms with Gasteiger partial charge in [-0.2, -0.15) is 0 Å². The minimum Gasteiger partial charge on any atom is -0.310 e. The van der Waals surface area contributed by atoms with Gasteiger partial charge in [0.05, 0.1) is 0 Å². The van der Waals surface area contributed by atoms with Crippen molar-refractivity contribution >= 4 is 23.2 Å². The van der Waals surface area contributed by atoms with Crippen LogP contribution in [0.1, 0.15) is 10.5 Å². The van der Waals surface area contributed by atoms with Crippen molar-refractivity contribution in [2.75, 3.05) is 11.9 Å². The molecule has 3 nitrogen and oxygen atoms in total. The number of carbonyl (C=O) groups is 1. The molecule has 2 rings (SSSR count). The molecule has 0 aliphatic heterocycles. The molecule has 0 saturated carbocycles. The Morgan fingerprint density at radius 3 is 2.47 bits per heavy atom. The van der Waals surface area contributed by atoms with Gasteiger partial charge < -0.3 is 4.90 Å². The molecular weight excluding hydrogens is 236 g/mol. The number of hydrogen-bond acceptors (Lipinski definition) is 2. The summed E-state index contributed by atoms with van der Waals surface area (Å²) in [6.07, 6.45) is 0. The van der Waals surface area contributed by atoms with Crippen LogP contribution in [0, 0.1) is 0 Å². The summed E-state index contributed by atoms with van der Waals surface area (Å²) in [5, 5.41) is 0.317. The Hall–Kier alpha value is -1.87. The summed E-state index contributed by atoms with van der Waals surface area (Å²) in [6.45, 7) is 0. The van der Waals surface area contributed by atoms with Crippen LogP contribution in [0.3, 0.4) is 0 Å². The number of hydrogen-bond donors (Lipinski definition) is 0. The minimum atomic E-state index is -0.182. The average Bonchev–Trinajstić information content (AvgIpc) is 2.38. The first-order valence-electron chi connectivity index (χ1n) is 5.14. The second-order valence-corrected chi connectivity index (χ2v) is 3.93. The van der Waals surface area contributed by atoms with Gasteiger partial charge in [-0.1, -0.05) is 35.9 Å². The van der Waals surface area contributed by atoms with Crippen molar-refractivity contribution < 1.29 is 4.79 Å². The molecule has 0 aliphatic carbocycles. The van der Waals surface area contributed by atoms with Crippen molar-refractivity contribution in [2.45, 2.75) is 0 Å². The highest BCUT2D eigenvalue weighted by molar-refractivity contribution is 6.29. The molecule has 1 aromatic heterocycles. The van der Waals surface area contributed by atoms with Gasteiger partial charge in [0.15, 0.2) is 0 Å². The van der Waals surface area contributed by atoms with Crippen molar-refractivity contribution in [3.05, 3.63) is 59.4 Å². The van der Waals surface area contributed by atoms with Crippen molar-refractivity contribution in [3.63, 3.8) is 0 Å². The van der Waals surface area contributed by atoms with Crippen LogP contribution < -0.4 is 4.90 Å². The largest absolute Gasteiger partial charge is 0.310 e. The Bertz CT molecular complexity index is 528. The molecule has 0 radical (unpaired) electrons. The monoisotopic (exact) mass is 246 g/mol. The van der Waals surface area contributed by atoms with E-state index in [1.54, 1.807) is 30.1 Å². The van der Waals surface area contributed by atoms with Gasteiger partial charge in [0, 0.05) is 12.7 Å². The van der Waals surface area contributed by atoms with Crippen LogP contribution in [0.5, 0.6) is 0 Å². The first-order valence-corrected chi connectivity index (χ1v) is 5.52. The molecule has 1 aromatic carbocycles. The van der Waals surface area contributed by atoms with Crippen molar-refractivity contribution in [1.29, 1.82) is 0 Å². The predicted octanol–water partition coefficient (Wildman–Crippen LogP) is 3.01. The van der Waals surface area contributed by atoms with E-state index in [0.29, 0.717) is 10.8 Å². The first kappa shape index (κ1) is 11.6. The number of halogens is 1. The Balaban J connectivity index is 2.27. The molecule has 4 heteroatoms. The van der Waals surface area contributed by atoms with E-state index in [-0.39, 0.29) is 5.91 Å². The quantitative estimate of drug-likeness (QED) is 0.764. The van der Waals surface area contributed by atoms with Crippen molar-refractivity contribution in [3.8, 4) is 0 Å². The second kappa shape index (κ2) is 4.97. The van der Waals surface area contributed by atoms with Crippen molar-refractivity contribution in [1.82, 2.24) is 4.98 Å². The number of carbonyl (C=O) groups excluding carboxylic acids is 1. The lowest BCUT2D eigenvalue weighted by atomic mass is 10.2. The highest BCUT2D eigenvalue weighted by atomic mass is 35.5. The van der Waals surface area contributed by atoms with E-state index < -0.39 is 0 Å². The highest BCUT2D eigenvalue weighted by Gasteiger charge is 2.14. The standard InChI is InChI=1S/C13H11ClN2O/c1-16(10-6-3-2-4-7-10)13(17)11-8-5-9-12(14)15-11/h2-9H,1H3. The topological polar surface area (TPSA) is 33.2 Å². The van der Waals surface area contributed by atoms with E-state index in [1.165, 1.54) is 0 Å². The van der Waals surface area contributed by atoms with Gasteiger partial charge in [-0.05, 0) is 24.3 Å². The lowest BCUT2D eigenvalue weighted by Crippen LogP contribution is -2.26. The molecule has 1 amide bonds. The van der Waals surface area contributed by atoms with Crippen LogP contribution in [0.4, 0.5) is 5.69 Å². The molecule has 0 N–H and O–H groups in total. The summed E-state index contributed by atoms with van der Waals surface area (Å²) in [5.41, 5.74) is 1.16. The Kier molecular flexibility index (Phi) is 3.40. The normalized spacial score (nSPS) is 10.0. The molecule has 2 aromatic rings. The van der Waals surface area contributed by atoms with Crippen LogP contribution >= 0.6 is 11.6 Å². The van der Waals surface area contributed by atoms with Crippen LogP contribution in [-0.4, -0.2) is 17.9 Å². The Morgan fingerprint density at radius 2 is 1.82 bits per heavy atom. The zero-order chi connectivity index (χ0) is 12.3. The molecule has 86 valence electrons. The Morgan fingerprint density at radius 1 is 1.12 bits per heavy atom. The fraction of sp³-hybridized carbons (Fsp3) is 0.0769. The number of amides is 1. The van der Waals surface area contributed by atoms with E-state index in [0.717, 1.165) is 5.69 Å². The van der Waals surface area contributed by atoms with Crippen LogP contribution in [0.25, 0.3) is 0 Å². The summed E-state index contributed by atoms with van der Waals surface area (Å²) in [4.78, 5) is 17.6. The van der Waals surface area contributed by atoms with Crippen molar-refractivity contribution in [2.24, 2.45) is 0 Å². The van der Waals surface area contributed by atoms with E-state index in [2.05, 4.69) is 4.98 Å². The number of nitrogens with zero attached hydrogens (tertiary/aromatic N) is 2. The molecule has 0 atom stereocenters. The molecular formula is C13H11ClN2O. The third kappa shape index (κ3) is 2.63. The number of anilines is 1. The summed E-state index contributed by atoms with van der Waals surface area (Å²) in [5.74, 6) is -0.182. The molecule has 0 aliphatic rings. The molecule has 1 heterocycles. The van der Waals surface area contributed by atoms with E-state index in [1.807, 2.05) is 30.3 Å². The number of rotatable bonds is 2. The predicted molar refractivity (Wildman–Crippen MR) is 68.4 cm³/mol. The van der Waals surface area contributed by atoms with Crippen LogP contribution in [0.2, 0.25) is 5.15 Å². The molecule has 0 unspecified atom stereocenters. The zero-order valence-corrected chi connectivity index (χ0v) is 10.1. The maximum Gasteiger partial charge on any atom is 0.276 e. The minimum absolute atomic E-state index is 0.182. The van der Waals surface area contributed by atoms with Gasteiger partial charge in [-0.3, -0.25) is 4.79 Å². The first-order chi connectivity index (χ1) is 8.18. The van der Waals surface area contributed by atoms with Crippen LogP contribution in [-0.2, 0) is 0 Å². The van der Waals surface area contributed by atoms with Gasteiger partial charge >= 0.3 is 0 Å². The molecule has 17 heavy (non-hydrogen) atoms. The SMILES string of the molecule is CN(C(=O)c1cccc(Cl)n1)c1ccccc1. The van der Waals surface area contributed by atoms with Crippen LogP contribution in [0.15, 0.2) is 48.5 Å². The smallest absolute Gasteiger partial charge is 0.276 e. The van der Waals surface area contributed by atoms with E-state index >= 15 is 0 Å². The van der Waals surface area contributed by atoms with E-state index in [9.17, 15) is 4.79 Å². The number of aromatic nitrogens is 1. The number of pyridine rings is 1.